The van der Waals surface area contributed by atoms with Gasteiger partial charge in [0.25, 0.3) is 5.56 Å². The molecule has 0 aliphatic carbocycles. The first-order valence-corrected chi connectivity index (χ1v) is 8.13. The third kappa shape index (κ3) is 4.35. The number of nitrogens with one attached hydrogen (secondary N) is 2. The van der Waals surface area contributed by atoms with Crippen molar-refractivity contribution in [2.45, 2.75) is 19.5 Å². The molecule has 26 heavy (non-hydrogen) atoms. The second-order valence-electron chi connectivity index (χ2n) is 5.64. The molecular formula is C18H18N4O4. The van der Waals surface area contributed by atoms with Crippen LogP contribution in [-0.2, 0) is 22.7 Å². The van der Waals surface area contributed by atoms with Crippen LogP contribution in [0.25, 0.3) is 10.9 Å². The van der Waals surface area contributed by atoms with Gasteiger partial charge in [0.2, 0.25) is 11.8 Å². The molecule has 0 saturated carbocycles. The fourth-order valence-corrected chi connectivity index (χ4v) is 2.42. The van der Waals surface area contributed by atoms with Gasteiger partial charge in [0, 0.05) is 13.0 Å². The molecule has 0 unspecified atom stereocenters. The number of nitrogens with zero attached hydrogens (tertiary/aromatic N) is 2. The van der Waals surface area contributed by atoms with Crippen molar-refractivity contribution < 1.29 is 14.0 Å². The van der Waals surface area contributed by atoms with E-state index in [1.165, 1.54) is 17.2 Å². The fourth-order valence-electron chi connectivity index (χ4n) is 2.42. The molecule has 2 heterocycles. The van der Waals surface area contributed by atoms with Gasteiger partial charge in [0.1, 0.15) is 5.76 Å². The summed E-state index contributed by atoms with van der Waals surface area (Å²) in [5.74, 6) is -0.00893. The lowest BCUT2D eigenvalue weighted by Crippen LogP contribution is -2.37. The second kappa shape index (κ2) is 8.11. The normalized spacial score (nSPS) is 10.6. The number of carbonyl (C=O) groups is 2. The van der Waals surface area contributed by atoms with Crippen molar-refractivity contribution in [2.24, 2.45) is 0 Å². The zero-order valence-corrected chi connectivity index (χ0v) is 14.0. The molecule has 1 aromatic carbocycles. The standard InChI is InChI=1S/C18H18N4O4/c23-16(20-11-17(24)19-10-13-4-3-9-26-13)7-8-22-12-21-15-6-2-1-5-14(15)18(22)25/h1-6,9,12H,7-8,10-11H2,(H,19,24)(H,20,23). The highest BCUT2D eigenvalue weighted by molar-refractivity contribution is 5.84. The molecule has 2 aromatic heterocycles. The molecule has 0 aliphatic heterocycles. The highest BCUT2D eigenvalue weighted by Crippen LogP contribution is 2.04. The van der Waals surface area contributed by atoms with Crippen molar-refractivity contribution >= 4 is 22.7 Å². The van der Waals surface area contributed by atoms with E-state index in [1.807, 2.05) is 6.07 Å². The Hall–Kier alpha value is -3.42. The molecule has 0 bridgehead atoms. The average Bonchev–Trinajstić information content (AvgIpc) is 3.18. The first-order chi connectivity index (χ1) is 12.6. The van der Waals surface area contributed by atoms with Crippen LogP contribution >= 0.6 is 0 Å². The fraction of sp³-hybridized carbons (Fsp3) is 0.222. The van der Waals surface area contributed by atoms with Gasteiger partial charge in [-0.1, -0.05) is 12.1 Å². The molecule has 2 amide bonds. The number of rotatable bonds is 7. The van der Waals surface area contributed by atoms with Crippen molar-refractivity contribution in [1.82, 2.24) is 20.2 Å². The Morgan fingerprint density at radius 1 is 1.08 bits per heavy atom. The van der Waals surface area contributed by atoms with Gasteiger partial charge in [-0.2, -0.15) is 0 Å². The van der Waals surface area contributed by atoms with E-state index in [2.05, 4.69) is 15.6 Å². The number of carbonyl (C=O) groups excluding carboxylic acids is 2. The predicted molar refractivity (Wildman–Crippen MR) is 94.2 cm³/mol. The summed E-state index contributed by atoms with van der Waals surface area (Å²) in [5, 5.41) is 5.66. The summed E-state index contributed by atoms with van der Waals surface area (Å²) in [5.41, 5.74) is 0.422. The number of para-hydroxylation sites is 1. The summed E-state index contributed by atoms with van der Waals surface area (Å²) < 4.78 is 6.49. The maximum absolute atomic E-state index is 12.3. The van der Waals surface area contributed by atoms with E-state index in [0.29, 0.717) is 16.7 Å². The Morgan fingerprint density at radius 3 is 2.73 bits per heavy atom. The van der Waals surface area contributed by atoms with E-state index in [0.717, 1.165) is 0 Å². The lowest BCUT2D eigenvalue weighted by atomic mass is 10.2. The number of hydrogen-bond acceptors (Lipinski definition) is 5. The van der Waals surface area contributed by atoms with Gasteiger partial charge in [-0.25, -0.2) is 4.98 Å². The third-order valence-corrected chi connectivity index (χ3v) is 3.80. The number of benzene rings is 1. The largest absolute Gasteiger partial charge is 0.467 e. The molecule has 0 spiro atoms. The highest BCUT2D eigenvalue weighted by Gasteiger charge is 2.08. The maximum Gasteiger partial charge on any atom is 0.261 e. The first-order valence-electron chi connectivity index (χ1n) is 8.13. The van der Waals surface area contributed by atoms with E-state index in [4.69, 9.17) is 4.42 Å². The van der Waals surface area contributed by atoms with Crippen LogP contribution in [0.5, 0.6) is 0 Å². The van der Waals surface area contributed by atoms with Crippen molar-refractivity contribution in [2.75, 3.05) is 6.54 Å². The van der Waals surface area contributed by atoms with Crippen molar-refractivity contribution in [3.63, 3.8) is 0 Å². The minimum atomic E-state index is -0.321. The van der Waals surface area contributed by atoms with Gasteiger partial charge in [-0.3, -0.25) is 19.0 Å². The lowest BCUT2D eigenvalue weighted by Gasteiger charge is -2.08. The Labute approximate surface area is 148 Å². The Kier molecular flexibility index (Phi) is 5.43. The molecule has 0 fully saturated rings. The molecule has 8 nitrogen and oxygen atoms in total. The number of aromatic nitrogens is 2. The van der Waals surface area contributed by atoms with Crippen LogP contribution in [0, 0.1) is 0 Å². The Balaban J connectivity index is 1.46. The van der Waals surface area contributed by atoms with Crippen LogP contribution in [0.3, 0.4) is 0 Å². The van der Waals surface area contributed by atoms with E-state index < -0.39 is 0 Å². The molecule has 0 atom stereocenters. The maximum atomic E-state index is 12.3. The number of hydrogen-bond donors (Lipinski definition) is 2. The summed E-state index contributed by atoms with van der Waals surface area (Å²) in [6.45, 7) is 0.320. The molecule has 8 heteroatoms. The minimum absolute atomic E-state index is 0.0748. The van der Waals surface area contributed by atoms with E-state index in [9.17, 15) is 14.4 Å². The van der Waals surface area contributed by atoms with Gasteiger partial charge < -0.3 is 15.1 Å². The summed E-state index contributed by atoms with van der Waals surface area (Å²) >= 11 is 0. The van der Waals surface area contributed by atoms with E-state index in [-0.39, 0.29) is 43.4 Å². The van der Waals surface area contributed by atoms with Crippen molar-refractivity contribution in [1.29, 1.82) is 0 Å². The zero-order valence-electron chi connectivity index (χ0n) is 14.0. The summed E-state index contributed by atoms with van der Waals surface area (Å²) in [7, 11) is 0. The first kappa shape index (κ1) is 17.4. The smallest absolute Gasteiger partial charge is 0.261 e. The molecule has 0 saturated heterocycles. The third-order valence-electron chi connectivity index (χ3n) is 3.80. The summed E-state index contributed by atoms with van der Waals surface area (Å²) in [6.07, 6.45) is 3.02. The van der Waals surface area contributed by atoms with Crippen LogP contribution in [0.2, 0.25) is 0 Å². The Bertz CT molecular complexity index is 963. The summed E-state index contributed by atoms with van der Waals surface area (Å²) in [6, 6.07) is 10.5. The highest BCUT2D eigenvalue weighted by atomic mass is 16.3. The van der Waals surface area contributed by atoms with E-state index in [1.54, 1.807) is 30.3 Å². The molecule has 134 valence electrons. The molecule has 0 aliphatic rings. The van der Waals surface area contributed by atoms with Gasteiger partial charge in [0.05, 0.1) is 36.6 Å². The average molecular weight is 354 g/mol. The van der Waals surface area contributed by atoms with E-state index >= 15 is 0 Å². The number of amides is 2. The number of fused-ring (bicyclic) bond motifs is 1. The SMILES string of the molecule is O=C(CCn1cnc2ccccc2c1=O)NCC(=O)NCc1ccco1. The van der Waals surface area contributed by atoms with Gasteiger partial charge in [-0.15, -0.1) is 0 Å². The number of aryl methyl sites for hydroxylation is 1. The van der Waals surface area contributed by atoms with Gasteiger partial charge >= 0.3 is 0 Å². The molecular weight excluding hydrogens is 336 g/mol. The molecule has 3 aromatic rings. The second-order valence-corrected chi connectivity index (χ2v) is 5.64. The van der Waals surface area contributed by atoms with Crippen LogP contribution in [0.15, 0.2) is 58.2 Å². The van der Waals surface area contributed by atoms with Crippen LogP contribution < -0.4 is 16.2 Å². The van der Waals surface area contributed by atoms with Crippen LogP contribution in [0.1, 0.15) is 12.2 Å². The van der Waals surface area contributed by atoms with Gasteiger partial charge in [-0.05, 0) is 24.3 Å². The number of furan rings is 1. The van der Waals surface area contributed by atoms with Crippen LogP contribution in [-0.4, -0.2) is 27.9 Å². The lowest BCUT2D eigenvalue weighted by molar-refractivity contribution is -0.126. The van der Waals surface area contributed by atoms with Crippen molar-refractivity contribution in [3.8, 4) is 0 Å². The quantitative estimate of drug-likeness (QED) is 0.653. The molecule has 0 radical (unpaired) electrons. The topological polar surface area (TPSA) is 106 Å². The molecule has 2 N–H and O–H groups in total. The van der Waals surface area contributed by atoms with Crippen molar-refractivity contribution in [3.05, 3.63) is 65.1 Å². The monoisotopic (exact) mass is 354 g/mol. The molecule has 3 rings (SSSR count). The predicted octanol–water partition coefficient (Wildman–Crippen LogP) is 0.812. The summed E-state index contributed by atoms with van der Waals surface area (Å²) in [4.78, 5) is 40.1. The minimum Gasteiger partial charge on any atom is -0.467 e. The van der Waals surface area contributed by atoms with Crippen LogP contribution in [0.4, 0.5) is 0 Å². The van der Waals surface area contributed by atoms with Gasteiger partial charge in [0.15, 0.2) is 0 Å². The zero-order chi connectivity index (χ0) is 18.4. The Morgan fingerprint density at radius 2 is 1.92 bits per heavy atom.